The predicted octanol–water partition coefficient (Wildman–Crippen LogP) is 3.10. The van der Waals surface area contributed by atoms with E-state index in [4.69, 9.17) is 4.74 Å². The number of hydrogen-bond donors (Lipinski definition) is 2. The third kappa shape index (κ3) is 3.74. The van der Waals surface area contributed by atoms with Crippen LogP contribution in [0.3, 0.4) is 0 Å². The second kappa shape index (κ2) is 7.64. The van der Waals surface area contributed by atoms with Gasteiger partial charge in [0.15, 0.2) is 0 Å². The monoisotopic (exact) mass is 356 g/mol. The average Bonchev–Trinajstić information content (AvgIpc) is 2.65. The standard InChI is InChI=1S/C20H24N2O4/c1-13-9-15(19(23)24)12-22(11-13)20(25)21-10-17-16-6-4-3-5-14(16)7-8-18(17)26-2/h3-8,13,15H,9-12H2,1-2H3,(H,21,25)(H,23,24). The van der Waals surface area contributed by atoms with Gasteiger partial charge in [0.25, 0.3) is 0 Å². The molecule has 0 saturated carbocycles. The molecule has 3 rings (SSSR count). The molecule has 2 atom stereocenters. The third-order valence-electron chi connectivity index (χ3n) is 4.93. The summed E-state index contributed by atoms with van der Waals surface area (Å²) < 4.78 is 5.45. The van der Waals surface area contributed by atoms with Gasteiger partial charge in [0.05, 0.1) is 13.0 Å². The highest BCUT2D eigenvalue weighted by molar-refractivity contribution is 5.88. The number of piperidine rings is 1. The minimum Gasteiger partial charge on any atom is -0.496 e. The van der Waals surface area contributed by atoms with E-state index in [2.05, 4.69) is 5.32 Å². The molecule has 2 unspecified atom stereocenters. The van der Waals surface area contributed by atoms with E-state index in [1.54, 1.807) is 12.0 Å². The summed E-state index contributed by atoms with van der Waals surface area (Å²) in [6.45, 7) is 3.12. The Labute approximate surface area is 152 Å². The number of carbonyl (C=O) groups excluding carboxylic acids is 1. The summed E-state index contributed by atoms with van der Waals surface area (Å²) in [4.78, 5) is 25.5. The highest BCUT2D eigenvalue weighted by Gasteiger charge is 2.31. The van der Waals surface area contributed by atoms with Gasteiger partial charge in [-0.2, -0.15) is 0 Å². The van der Waals surface area contributed by atoms with Crippen LogP contribution < -0.4 is 10.1 Å². The summed E-state index contributed by atoms with van der Waals surface area (Å²) in [6, 6.07) is 11.6. The van der Waals surface area contributed by atoms with E-state index < -0.39 is 11.9 Å². The van der Waals surface area contributed by atoms with E-state index in [0.29, 0.717) is 19.5 Å². The lowest BCUT2D eigenvalue weighted by atomic mass is 9.91. The molecule has 0 aliphatic carbocycles. The number of likely N-dealkylation sites (tertiary alicyclic amines) is 1. The lowest BCUT2D eigenvalue weighted by Gasteiger charge is -2.34. The number of ether oxygens (including phenoxy) is 1. The smallest absolute Gasteiger partial charge is 0.317 e. The summed E-state index contributed by atoms with van der Waals surface area (Å²) in [5.74, 6) is -0.455. The molecule has 0 aromatic heterocycles. The van der Waals surface area contributed by atoms with Crippen LogP contribution in [0.1, 0.15) is 18.9 Å². The van der Waals surface area contributed by atoms with Crippen LogP contribution in [0, 0.1) is 11.8 Å². The summed E-state index contributed by atoms with van der Waals surface area (Å²) in [6.07, 6.45) is 0.607. The highest BCUT2D eigenvalue weighted by atomic mass is 16.5. The summed E-state index contributed by atoms with van der Waals surface area (Å²) in [7, 11) is 1.61. The third-order valence-corrected chi connectivity index (χ3v) is 4.93. The number of amides is 2. The molecule has 0 spiro atoms. The molecule has 2 aromatic rings. The number of nitrogens with zero attached hydrogens (tertiary/aromatic N) is 1. The van der Waals surface area contributed by atoms with Crippen molar-refractivity contribution in [3.05, 3.63) is 42.0 Å². The lowest BCUT2D eigenvalue weighted by molar-refractivity contribution is -0.143. The number of urea groups is 1. The van der Waals surface area contributed by atoms with Crippen molar-refractivity contribution in [2.75, 3.05) is 20.2 Å². The minimum atomic E-state index is -0.843. The van der Waals surface area contributed by atoms with Gasteiger partial charge >= 0.3 is 12.0 Å². The fraction of sp³-hybridized carbons (Fsp3) is 0.400. The molecular formula is C20H24N2O4. The fourth-order valence-corrected chi connectivity index (χ4v) is 3.66. The van der Waals surface area contributed by atoms with Gasteiger partial charge in [-0.15, -0.1) is 0 Å². The lowest BCUT2D eigenvalue weighted by Crippen LogP contribution is -2.49. The number of aliphatic carboxylic acids is 1. The Morgan fingerprint density at radius 1 is 1.23 bits per heavy atom. The molecule has 6 nitrogen and oxygen atoms in total. The second-order valence-electron chi connectivity index (χ2n) is 6.91. The molecule has 2 amide bonds. The number of carboxylic acid groups (broad SMARTS) is 1. The number of benzene rings is 2. The Morgan fingerprint density at radius 3 is 2.73 bits per heavy atom. The zero-order valence-corrected chi connectivity index (χ0v) is 15.1. The first-order chi connectivity index (χ1) is 12.5. The van der Waals surface area contributed by atoms with Crippen molar-refractivity contribution in [2.45, 2.75) is 19.9 Å². The van der Waals surface area contributed by atoms with Crippen LogP contribution in [0.15, 0.2) is 36.4 Å². The van der Waals surface area contributed by atoms with Gasteiger partial charge < -0.3 is 20.1 Å². The molecule has 6 heteroatoms. The van der Waals surface area contributed by atoms with Crippen molar-refractivity contribution in [1.29, 1.82) is 0 Å². The van der Waals surface area contributed by atoms with Gasteiger partial charge in [-0.1, -0.05) is 37.3 Å². The molecule has 2 aromatic carbocycles. The Hall–Kier alpha value is -2.76. The SMILES string of the molecule is COc1ccc2ccccc2c1CNC(=O)N1CC(C)CC(C(=O)O)C1. The molecule has 0 radical (unpaired) electrons. The number of fused-ring (bicyclic) bond motifs is 1. The Kier molecular flexibility index (Phi) is 5.30. The summed E-state index contributed by atoms with van der Waals surface area (Å²) in [5.41, 5.74) is 0.916. The molecule has 138 valence electrons. The van der Waals surface area contributed by atoms with E-state index in [1.807, 2.05) is 43.3 Å². The molecule has 26 heavy (non-hydrogen) atoms. The van der Waals surface area contributed by atoms with E-state index >= 15 is 0 Å². The van der Waals surface area contributed by atoms with Gasteiger partial charge in [0.2, 0.25) is 0 Å². The van der Waals surface area contributed by atoms with E-state index in [0.717, 1.165) is 22.1 Å². The Bertz CT molecular complexity index is 821. The number of hydrogen-bond acceptors (Lipinski definition) is 3. The number of carbonyl (C=O) groups is 2. The number of rotatable bonds is 4. The largest absolute Gasteiger partial charge is 0.496 e. The van der Waals surface area contributed by atoms with Crippen LogP contribution in [0.2, 0.25) is 0 Å². The molecule has 1 heterocycles. The van der Waals surface area contributed by atoms with Crippen molar-refractivity contribution in [3.63, 3.8) is 0 Å². The van der Waals surface area contributed by atoms with Gasteiger partial charge in [-0.3, -0.25) is 4.79 Å². The van der Waals surface area contributed by atoms with Crippen molar-refractivity contribution in [1.82, 2.24) is 10.2 Å². The number of carboxylic acids is 1. The quantitative estimate of drug-likeness (QED) is 0.882. The van der Waals surface area contributed by atoms with Crippen molar-refractivity contribution >= 4 is 22.8 Å². The highest BCUT2D eigenvalue weighted by Crippen LogP contribution is 2.28. The zero-order valence-electron chi connectivity index (χ0n) is 15.1. The van der Waals surface area contributed by atoms with Crippen LogP contribution >= 0.6 is 0 Å². The summed E-state index contributed by atoms with van der Waals surface area (Å²) in [5, 5.41) is 14.3. The fourth-order valence-electron chi connectivity index (χ4n) is 3.66. The first-order valence-corrected chi connectivity index (χ1v) is 8.79. The van der Waals surface area contributed by atoms with Crippen molar-refractivity contribution in [3.8, 4) is 5.75 Å². The minimum absolute atomic E-state index is 0.169. The first-order valence-electron chi connectivity index (χ1n) is 8.79. The van der Waals surface area contributed by atoms with Crippen LogP contribution in [-0.4, -0.2) is 42.2 Å². The molecule has 1 saturated heterocycles. The maximum atomic E-state index is 12.6. The topological polar surface area (TPSA) is 78.9 Å². The van der Waals surface area contributed by atoms with Gasteiger partial charge in [-0.25, -0.2) is 4.79 Å². The normalized spacial score (nSPS) is 20.0. The van der Waals surface area contributed by atoms with E-state index in [1.165, 1.54) is 0 Å². The van der Waals surface area contributed by atoms with Crippen LogP contribution in [0.25, 0.3) is 10.8 Å². The first kappa shape index (κ1) is 18.0. The summed E-state index contributed by atoms with van der Waals surface area (Å²) >= 11 is 0. The molecule has 0 bridgehead atoms. The van der Waals surface area contributed by atoms with Gasteiger partial charge in [-0.05, 0) is 29.2 Å². The Balaban J connectivity index is 1.75. The maximum absolute atomic E-state index is 12.6. The van der Waals surface area contributed by atoms with Crippen molar-refractivity contribution < 1.29 is 19.4 Å². The van der Waals surface area contributed by atoms with Crippen LogP contribution in [0.4, 0.5) is 4.79 Å². The van der Waals surface area contributed by atoms with Crippen LogP contribution in [0.5, 0.6) is 5.75 Å². The zero-order chi connectivity index (χ0) is 18.7. The molecule has 1 aliphatic heterocycles. The van der Waals surface area contributed by atoms with E-state index in [-0.39, 0.29) is 18.5 Å². The average molecular weight is 356 g/mol. The van der Waals surface area contributed by atoms with Gasteiger partial charge in [0.1, 0.15) is 5.75 Å². The maximum Gasteiger partial charge on any atom is 0.317 e. The predicted molar refractivity (Wildman–Crippen MR) is 99.2 cm³/mol. The number of methoxy groups -OCH3 is 1. The van der Waals surface area contributed by atoms with E-state index in [9.17, 15) is 14.7 Å². The van der Waals surface area contributed by atoms with Gasteiger partial charge in [0, 0.05) is 25.2 Å². The van der Waals surface area contributed by atoms with Crippen LogP contribution in [-0.2, 0) is 11.3 Å². The molecule has 2 N–H and O–H groups in total. The Morgan fingerprint density at radius 2 is 2.00 bits per heavy atom. The second-order valence-corrected chi connectivity index (χ2v) is 6.91. The van der Waals surface area contributed by atoms with Crippen molar-refractivity contribution in [2.24, 2.45) is 11.8 Å². The number of nitrogens with one attached hydrogen (secondary N) is 1. The molecule has 1 fully saturated rings. The molecular weight excluding hydrogens is 332 g/mol. The molecule has 1 aliphatic rings.